The van der Waals surface area contributed by atoms with Gasteiger partial charge in [0.2, 0.25) is 0 Å². The van der Waals surface area contributed by atoms with E-state index >= 15 is 0 Å². The summed E-state index contributed by atoms with van der Waals surface area (Å²) < 4.78 is 5.55. The van der Waals surface area contributed by atoms with Gasteiger partial charge >= 0.3 is 0 Å². The molecule has 5 nitrogen and oxygen atoms in total. The van der Waals surface area contributed by atoms with Crippen molar-refractivity contribution in [2.75, 3.05) is 19.7 Å². The molecule has 0 heterocycles. The first kappa shape index (κ1) is 14.3. The molecule has 0 aliphatic carbocycles. The minimum absolute atomic E-state index is 0.0324. The van der Waals surface area contributed by atoms with E-state index in [1.807, 2.05) is 37.3 Å². The van der Waals surface area contributed by atoms with Gasteiger partial charge in [0.15, 0.2) is 0 Å². The van der Waals surface area contributed by atoms with Crippen LogP contribution in [0.5, 0.6) is 5.75 Å². The SMILES string of the molecule is CC(CNCCCOc1ccccc1)C(N)=NO. The molecule has 0 aliphatic heterocycles. The molecule has 1 aromatic carbocycles. The highest BCUT2D eigenvalue weighted by molar-refractivity contribution is 5.82. The van der Waals surface area contributed by atoms with Crippen LogP contribution in [0.2, 0.25) is 0 Å². The van der Waals surface area contributed by atoms with E-state index in [1.54, 1.807) is 0 Å². The van der Waals surface area contributed by atoms with E-state index in [9.17, 15) is 0 Å². The zero-order chi connectivity index (χ0) is 13.2. The number of oxime groups is 1. The van der Waals surface area contributed by atoms with Gasteiger partial charge in [0.05, 0.1) is 6.61 Å². The van der Waals surface area contributed by atoms with Gasteiger partial charge in [-0.2, -0.15) is 0 Å². The highest BCUT2D eigenvalue weighted by Gasteiger charge is 2.05. The molecule has 0 fully saturated rings. The van der Waals surface area contributed by atoms with Crippen molar-refractivity contribution in [2.45, 2.75) is 13.3 Å². The fourth-order valence-corrected chi connectivity index (χ4v) is 1.43. The Morgan fingerprint density at radius 2 is 2.17 bits per heavy atom. The van der Waals surface area contributed by atoms with Crippen LogP contribution in [0.25, 0.3) is 0 Å². The zero-order valence-corrected chi connectivity index (χ0v) is 10.7. The summed E-state index contributed by atoms with van der Waals surface area (Å²) in [6.45, 7) is 4.12. The Hall–Kier alpha value is -1.75. The van der Waals surface area contributed by atoms with Crippen LogP contribution < -0.4 is 15.8 Å². The van der Waals surface area contributed by atoms with E-state index in [-0.39, 0.29) is 11.8 Å². The zero-order valence-electron chi connectivity index (χ0n) is 10.7. The average molecular weight is 251 g/mol. The topological polar surface area (TPSA) is 79.9 Å². The van der Waals surface area contributed by atoms with Gasteiger partial charge in [0.25, 0.3) is 0 Å². The summed E-state index contributed by atoms with van der Waals surface area (Å²) in [4.78, 5) is 0. The lowest BCUT2D eigenvalue weighted by Crippen LogP contribution is -2.32. The van der Waals surface area contributed by atoms with E-state index in [0.29, 0.717) is 13.2 Å². The van der Waals surface area contributed by atoms with E-state index in [1.165, 1.54) is 0 Å². The van der Waals surface area contributed by atoms with Crippen LogP contribution >= 0.6 is 0 Å². The van der Waals surface area contributed by atoms with Gasteiger partial charge in [-0.15, -0.1) is 0 Å². The Morgan fingerprint density at radius 3 is 2.83 bits per heavy atom. The number of benzene rings is 1. The third-order valence-electron chi connectivity index (χ3n) is 2.58. The van der Waals surface area contributed by atoms with Gasteiger partial charge in [0, 0.05) is 12.5 Å². The van der Waals surface area contributed by atoms with Crippen molar-refractivity contribution in [1.82, 2.24) is 5.32 Å². The molecule has 1 unspecified atom stereocenters. The Balaban J connectivity index is 2.03. The Bertz CT molecular complexity index is 355. The molecule has 1 atom stereocenters. The van der Waals surface area contributed by atoms with Gasteiger partial charge in [-0.25, -0.2) is 0 Å². The van der Waals surface area contributed by atoms with Crippen molar-refractivity contribution >= 4 is 5.84 Å². The molecule has 0 amide bonds. The number of para-hydroxylation sites is 1. The minimum Gasteiger partial charge on any atom is -0.494 e. The number of ether oxygens (including phenoxy) is 1. The molecular weight excluding hydrogens is 230 g/mol. The number of nitrogens with zero attached hydrogens (tertiary/aromatic N) is 1. The molecule has 4 N–H and O–H groups in total. The first-order chi connectivity index (χ1) is 8.74. The van der Waals surface area contributed by atoms with Gasteiger partial charge in [0.1, 0.15) is 11.6 Å². The third kappa shape index (κ3) is 5.54. The fraction of sp³-hybridized carbons (Fsp3) is 0.462. The molecular formula is C13H21N3O2. The number of hydrogen-bond acceptors (Lipinski definition) is 4. The Morgan fingerprint density at radius 1 is 1.44 bits per heavy atom. The number of amidine groups is 1. The lowest BCUT2D eigenvalue weighted by molar-refractivity contribution is 0.306. The summed E-state index contributed by atoms with van der Waals surface area (Å²) in [5.41, 5.74) is 5.47. The molecule has 18 heavy (non-hydrogen) atoms. The summed E-state index contributed by atoms with van der Waals surface area (Å²) in [5.74, 6) is 1.18. The lowest BCUT2D eigenvalue weighted by Gasteiger charge is -2.11. The minimum atomic E-state index is 0.0324. The fourth-order valence-electron chi connectivity index (χ4n) is 1.43. The standard InChI is InChI=1S/C13H21N3O2/c1-11(13(14)16-17)10-15-8-5-9-18-12-6-3-2-4-7-12/h2-4,6-7,11,15,17H,5,8-10H2,1H3,(H2,14,16). The van der Waals surface area contributed by atoms with Crippen molar-refractivity contribution in [1.29, 1.82) is 0 Å². The largest absolute Gasteiger partial charge is 0.494 e. The molecule has 0 bridgehead atoms. The first-order valence-corrected chi connectivity index (χ1v) is 6.10. The van der Waals surface area contributed by atoms with Crippen molar-refractivity contribution < 1.29 is 9.94 Å². The van der Waals surface area contributed by atoms with Crippen LogP contribution in [-0.2, 0) is 0 Å². The summed E-state index contributed by atoms with van der Waals surface area (Å²) in [7, 11) is 0. The predicted molar refractivity (Wildman–Crippen MR) is 72.0 cm³/mol. The van der Waals surface area contributed by atoms with Crippen LogP contribution in [0.1, 0.15) is 13.3 Å². The number of rotatable bonds is 8. The monoisotopic (exact) mass is 251 g/mol. The normalized spacial score (nSPS) is 13.3. The number of hydrogen-bond donors (Lipinski definition) is 3. The smallest absolute Gasteiger partial charge is 0.143 e. The van der Waals surface area contributed by atoms with E-state index in [2.05, 4.69) is 10.5 Å². The second-order valence-corrected chi connectivity index (χ2v) is 4.15. The molecule has 0 saturated carbocycles. The predicted octanol–water partition coefficient (Wildman–Crippen LogP) is 1.43. The average Bonchev–Trinajstić information content (AvgIpc) is 2.42. The van der Waals surface area contributed by atoms with Gasteiger partial charge in [-0.1, -0.05) is 30.3 Å². The van der Waals surface area contributed by atoms with Crippen molar-refractivity contribution in [3.8, 4) is 5.75 Å². The van der Waals surface area contributed by atoms with Crippen LogP contribution in [0, 0.1) is 5.92 Å². The summed E-state index contributed by atoms with van der Waals surface area (Å²) >= 11 is 0. The molecule has 1 rings (SSSR count). The van der Waals surface area contributed by atoms with Crippen LogP contribution in [0.15, 0.2) is 35.5 Å². The molecule has 5 heteroatoms. The quantitative estimate of drug-likeness (QED) is 0.215. The first-order valence-electron chi connectivity index (χ1n) is 6.10. The van der Waals surface area contributed by atoms with Gasteiger partial charge in [-0.3, -0.25) is 0 Å². The lowest BCUT2D eigenvalue weighted by atomic mass is 10.1. The van der Waals surface area contributed by atoms with Gasteiger partial charge < -0.3 is 21.0 Å². The summed E-state index contributed by atoms with van der Waals surface area (Å²) in [6.07, 6.45) is 0.914. The maximum atomic E-state index is 8.49. The Kier molecular flexibility index (Phi) is 6.64. The molecule has 0 spiro atoms. The summed E-state index contributed by atoms with van der Waals surface area (Å²) in [5, 5.41) is 14.7. The number of nitrogens with two attached hydrogens (primary N) is 1. The van der Waals surface area contributed by atoms with Crippen molar-refractivity contribution in [2.24, 2.45) is 16.8 Å². The highest BCUT2D eigenvalue weighted by Crippen LogP contribution is 2.07. The summed E-state index contributed by atoms with van der Waals surface area (Å²) in [6, 6.07) is 9.74. The van der Waals surface area contributed by atoms with E-state index in [0.717, 1.165) is 18.7 Å². The maximum Gasteiger partial charge on any atom is 0.143 e. The molecule has 1 aromatic rings. The molecule has 0 radical (unpaired) electrons. The second-order valence-electron chi connectivity index (χ2n) is 4.15. The molecule has 100 valence electrons. The van der Waals surface area contributed by atoms with E-state index in [4.69, 9.17) is 15.7 Å². The molecule has 0 aromatic heterocycles. The third-order valence-corrected chi connectivity index (χ3v) is 2.58. The van der Waals surface area contributed by atoms with Crippen molar-refractivity contribution in [3.05, 3.63) is 30.3 Å². The highest BCUT2D eigenvalue weighted by atomic mass is 16.5. The van der Waals surface area contributed by atoms with Crippen LogP contribution in [0.3, 0.4) is 0 Å². The maximum absolute atomic E-state index is 8.49. The molecule has 0 aliphatic rings. The van der Waals surface area contributed by atoms with Crippen molar-refractivity contribution in [3.63, 3.8) is 0 Å². The second kappa shape index (κ2) is 8.36. The van der Waals surface area contributed by atoms with E-state index < -0.39 is 0 Å². The van der Waals surface area contributed by atoms with Gasteiger partial charge in [-0.05, 0) is 25.1 Å². The number of nitrogens with one attached hydrogen (secondary N) is 1. The Labute approximate surface area is 108 Å². The van der Waals surface area contributed by atoms with Crippen LogP contribution in [-0.4, -0.2) is 30.7 Å². The molecule has 0 saturated heterocycles. The van der Waals surface area contributed by atoms with Crippen LogP contribution in [0.4, 0.5) is 0 Å².